The second kappa shape index (κ2) is 7.24. The van der Waals surface area contributed by atoms with E-state index in [0.717, 1.165) is 5.56 Å². The highest BCUT2D eigenvalue weighted by molar-refractivity contribution is 6.36. The minimum absolute atomic E-state index is 0.119. The third-order valence-electron chi connectivity index (χ3n) is 4.22. The van der Waals surface area contributed by atoms with Crippen LogP contribution in [0.3, 0.4) is 0 Å². The van der Waals surface area contributed by atoms with Crippen LogP contribution < -0.4 is 10.2 Å². The summed E-state index contributed by atoms with van der Waals surface area (Å²) in [4.78, 5) is 26.4. The van der Waals surface area contributed by atoms with Gasteiger partial charge in [-0.2, -0.15) is 0 Å². The molecule has 0 spiro atoms. The summed E-state index contributed by atoms with van der Waals surface area (Å²) in [6, 6.07) is 10.2. The number of nitrogens with one attached hydrogen (secondary N) is 1. The average Bonchev–Trinajstić information content (AvgIpc) is 2.96. The third kappa shape index (κ3) is 3.76. The summed E-state index contributed by atoms with van der Waals surface area (Å²) in [7, 11) is 0. The van der Waals surface area contributed by atoms with Crippen molar-refractivity contribution < 1.29 is 9.59 Å². The number of benzene rings is 2. The summed E-state index contributed by atoms with van der Waals surface area (Å²) in [6.07, 6.45) is 0.119. The van der Waals surface area contributed by atoms with E-state index in [1.807, 2.05) is 6.92 Å². The summed E-state index contributed by atoms with van der Waals surface area (Å²) in [5.41, 5.74) is 1.95. The largest absolute Gasteiger partial charge is 0.325 e. The number of halogens is 3. The van der Waals surface area contributed by atoms with Gasteiger partial charge in [0.1, 0.15) is 0 Å². The number of hydrogen-bond acceptors (Lipinski definition) is 2. The third-order valence-corrected chi connectivity index (χ3v) is 5.18. The lowest BCUT2D eigenvalue weighted by Gasteiger charge is -2.18. The second-order valence-electron chi connectivity index (χ2n) is 5.90. The van der Waals surface area contributed by atoms with Crippen molar-refractivity contribution in [2.24, 2.45) is 5.92 Å². The van der Waals surface area contributed by atoms with E-state index in [0.29, 0.717) is 26.4 Å². The first-order valence-corrected chi connectivity index (χ1v) is 8.81. The number of carbonyl (C=O) groups excluding carboxylic acids is 2. The molecule has 1 aliphatic heterocycles. The van der Waals surface area contributed by atoms with E-state index in [1.54, 1.807) is 36.4 Å². The fraction of sp³-hybridized carbons (Fsp3) is 0.222. The van der Waals surface area contributed by atoms with Crippen molar-refractivity contribution in [2.45, 2.75) is 13.3 Å². The molecule has 3 rings (SSSR count). The first-order chi connectivity index (χ1) is 11.9. The molecule has 1 saturated heterocycles. The van der Waals surface area contributed by atoms with Gasteiger partial charge < -0.3 is 10.2 Å². The molecule has 1 fully saturated rings. The van der Waals surface area contributed by atoms with Crippen molar-refractivity contribution in [1.82, 2.24) is 0 Å². The summed E-state index contributed by atoms with van der Waals surface area (Å²) < 4.78 is 0. The van der Waals surface area contributed by atoms with E-state index in [-0.39, 0.29) is 24.8 Å². The minimum Gasteiger partial charge on any atom is -0.325 e. The maximum absolute atomic E-state index is 12.6. The molecule has 1 heterocycles. The van der Waals surface area contributed by atoms with Gasteiger partial charge in [0.15, 0.2) is 0 Å². The number of anilines is 2. The predicted molar refractivity (Wildman–Crippen MR) is 102 cm³/mol. The van der Waals surface area contributed by atoms with E-state index >= 15 is 0 Å². The van der Waals surface area contributed by atoms with Crippen LogP contribution in [0, 0.1) is 12.8 Å². The van der Waals surface area contributed by atoms with E-state index in [4.69, 9.17) is 34.8 Å². The van der Waals surface area contributed by atoms with E-state index in [2.05, 4.69) is 5.32 Å². The Labute approximate surface area is 160 Å². The standard InChI is InChI=1S/C18H15Cl3N2O2/c1-10-13(20)3-2-4-15(10)22-18(25)11-7-17(24)23(9-11)16-8-12(19)5-6-14(16)21/h2-6,8,11H,7,9H2,1H3,(H,22,25)/t11-/m0/s1. The molecule has 25 heavy (non-hydrogen) atoms. The first-order valence-electron chi connectivity index (χ1n) is 7.68. The number of nitrogens with zero attached hydrogens (tertiary/aromatic N) is 1. The van der Waals surface area contributed by atoms with E-state index in [1.165, 1.54) is 4.90 Å². The van der Waals surface area contributed by atoms with Crippen LogP contribution in [0.1, 0.15) is 12.0 Å². The zero-order valence-electron chi connectivity index (χ0n) is 13.4. The second-order valence-corrected chi connectivity index (χ2v) is 7.15. The van der Waals surface area contributed by atoms with Crippen molar-refractivity contribution in [2.75, 3.05) is 16.8 Å². The van der Waals surface area contributed by atoms with Gasteiger partial charge >= 0.3 is 0 Å². The van der Waals surface area contributed by atoms with Gasteiger partial charge in [-0.3, -0.25) is 9.59 Å². The molecule has 1 aliphatic rings. The van der Waals surface area contributed by atoms with Crippen LogP contribution in [0.5, 0.6) is 0 Å². The Kier molecular flexibility index (Phi) is 5.23. The monoisotopic (exact) mass is 396 g/mol. The van der Waals surface area contributed by atoms with Crippen LogP contribution >= 0.6 is 34.8 Å². The summed E-state index contributed by atoms with van der Waals surface area (Å²) >= 11 is 18.2. The summed E-state index contributed by atoms with van der Waals surface area (Å²) in [5, 5.41) is 4.33. The van der Waals surface area contributed by atoms with Crippen LogP contribution in [-0.4, -0.2) is 18.4 Å². The van der Waals surface area contributed by atoms with Gasteiger partial charge in [0.05, 0.1) is 16.6 Å². The van der Waals surface area contributed by atoms with Crippen molar-refractivity contribution in [1.29, 1.82) is 0 Å². The smallest absolute Gasteiger partial charge is 0.229 e. The van der Waals surface area contributed by atoms with Gasteiger partial charge in [0.2, 0.25) is 11.8 Å². The number of hydrogen-bond donors (Lipinski definition) is 1. The molecule has 0 saturated carbocycles. The lowest BCUT2D eigenvalue weighted by atomic mass is 10.1. The number of amides is 2. The predicted octanol–water partition coefficient (Wildman–Crippen LogP) is 4.95. The quantitative estimate of drug-likeness (QED) is 0.797. The highest BCUT2D eigenvalue weighted by atomic mass is 35.5. The van der Waals surface area contributed by atoms with E-state index in [9.17, 15) is 9.59 Å². The van der Waals surface area contributed by atoms with Gasteiger partial charge in [0.25, 0.3) is 0 Å². The summed E-state index contributed by atoms with van der Waals surface area (Å²) in [6.45, 7) is 2.08. The molecular weight excluding hydrogens is 383 g/mol. The van der Waals surface area contributed by atoms with Crippen LogP contribution in [0.4, 0.5) is 11.4 Å². The highest BCUT2D eigenvalue weighted by Gasteiger charge is 2.36. The van der Waals surface area contributed by atoms with Gasteiger partial charge in [-0.25, -0.2) is 0 Å². The molecule has 130 valence electrons. The van der Waals surface area contributed by atoms with Crippen LogP contribution in [0.2, 0.25) is 15.1 Å². The fourth-order valence-electron chi connectivity index (χ4n) is 2.79. The minimum atomic E-state index is -0.471. The molecule has 1 N–H and O–H groups in total. The van der Waals surface area contributed by atoms with Crippen molar-refractivity contribution in [3.05, 3.63) is 57.0 Å². The zero-order chi connectivity index (χ0) is 18.1. The van der Waals surface area contributed by atoms with Gasteiger partial charge in [0, 0.05) is 28.7 Å². The molecular formula is C18H15Cl3N2O2. The highest BCUT2D eigenvalue weighted by Crippen LogP contribution is 2.34. The molecule has 0 aromatic heterocycles. The average molecular weight is 398 g/mol. The van der Waals surface area contributed by atoms with Gasteiger partial charge in [-0.1, -0.05) is 40.9 Å². The zero-order valence-corrected chi connectivity index (χ0v) is 15.6. The molecule has 4 nitrogen and oxygen atoms in total. The normalized spacial score (nSPS) is 17.0. The molecule has 0 unspecified atom stereocenters. The fourth-order valence-corrected chi connectivity index (χ4v) is 3.35. The Morgan fingerprint density at radius 2 is 1.92 bits per heavy atom. The van der Waals surface area contributed by atoms with Crippen LogP contribution in [-0.2, 0) is 9.59 Å². The van der Waals surface area contributed by atoms with Crippen molar-refractivity contribution in [3.8, 4) is 0 Å². The van der Waals surface area contributed by atoms with Crippen molar-refractivity contribution in [3.63, 3.8) is 0 Å². The maximum Gasteiger partial charge on any atom is 0.229 e. The molecule has 2 aromatic carbocycles. The lowest BCUT2D eigenvalue weighted by molar-refractivity contribution is -0.122. The Hall–Kier alpha value is -1.75. The Bertz CT molecular complexity index is 854. The van der Waals surface area contributed by atoms with Crippen molar-refractivity contribution >= 4 is 58.0 Å². The Morgan fingerprint density at radius 1 is 1.16 bits per heavy atom. The molecule has 1 atom stereocenters. The SMILES string of the molecule is Cc1c(Cl)cccc1NC(=O)[C@H]1CC(=O)N(c2cc(Cl)ccc2Cl)C1. The Morgan fingerprint density at radius 3 is 2.68 bits per heavy atom. The summed E-state index contributed by atoms with van der Waals surface area (Å²) in [5.74, 6) is -0.854. The molecule has 0 aliphatic carbocycles. The van der Waals surface area contributed by atoms with Gasteiger partial charge in [-0.15, -0.1) is 0 Å². The first kappa shape index (κ1) is 18.1. The van der Waals surface area contributed by atoms with Gasteiger partial charge in [-0.05, 0) is 42.8 Å². The molecule has 7 heteroatoms. The van der Waals surface area contributed by atoms with E-state index < -0.39 is 5.92 Å². The van der Waals surface area contributed by atoms with Crippen LogP contribution in [0.25, 0.3) is 0 Å². The molecule has 0 bridgehead atoms. The number of rotatable bonds is 3. The maximum atomic E-state index is 12.6. The topological polar surface area (TPSA) is 49.4 Å². The lowest BCUT2D eigenvalue weighted by Crippen LogP contribution is -2.28. The van der Waals surface area contributed by atoms with Crippen LogP contribution in [0.15, 0.2) is 36.4 Å². The number of carbonyl (C=O) groups is 2. The molecule has 2 aromatic rings. The Balaban J connectivity index is 1.77. The molecule has 0 radical (unpaired) electrons. The molecule has 2 amide bonds.